The summed E-state index contributed by atoms with van der Waals surface area (Å²) in [5.41, 5.74) is 13.7. The smallest absolute Gasteiger partial charge is 0.159 e. The minimum absolute atomic E-state index is 0.159. The normalized spacial score (nSPS) is 14.4. The Labute approximate surface area is 324 Å². The number of hydrogen-bond donors (Lipinski definition) is 1. The van der Waals surface area contributed by atoms with Crippen molar-refractivity contribution in [3.8, 4) is 16.8 Å². The van der Waals surface area contributed by atoms with Gasteiger partial charge in [-0.1, -0.05) is 170 Å². The van der Waals surface area contributed by atoms with Crippen molar-refractivity contribution in [2.75, 3.05) is 0 Å². The molecule has 11 rings (SSSR count). The third-order valence-electron chi connectivity index (χ3n) is 11.1. The van der Waals surface area contributed by atoms with Crippen molar-refractivity contribution in [1.82, 2.24) is 9.88 Å². The quantitative estimate of drug-likeness (QED) is 0.186. The van der Waals surface area contributed by atoms with Crippen LogP contribution in [0, 0.1) is 0 Å². The second-order valence-corrected chi connectivity index (χ2v) is 14.4. The van der Waals surface area contributed by atoms with E-state index >= 15 is 0 Å². The summed E-state index contributed by atoms with van der Waals surface area (Å²) < 4.78 is 9.39. The number of nitrogens with one attached hydrogen (secondary N) is 1. The van der Waals surface area contributed by atoms with Gasteiger partial charge in [0.2, 0.25) is 0 Å². The van der Waals surface area contributed by atoms with Gasteiger partial charge in [0, 0.05) is 38.2 Å². The van der Waals surface area contributed by atoms with E-state index in [1.807, 2.05) is 6.07 Å². The van der Waals surface area contributed by atoms with Gasteiger partial charge in [-0.15, -0.1) is 0 Å². The van der Waals surface area contributed by atoms with Gasteiger partial charge in [-0.3, -0.25) is 0 Å². The van der Waals surface area contributed by atoms with E-state index < -0.39 is 0 Å². The first-order valence-corrected chi connectivity index (χ1v) is 19.1. The molecule has 1 aliphatic heterocycles. The first kappa shape index (κ1) is 32.0. The number of aromatic nitrogens is 1. The highest BCUT2D eigenvalue weighted by Gasteiger charge is 2.29. The molecule has 0 aliphatic carbocycles. The topological polar surface area (TPSA) is 42.5 Å². The number of hydrogen-bond acceptors (Lipinski definition) is 3. The van der Waals surface area contributed by atoms with E-state index in [0.29, 0.717) is 0 Å². The fourth-order valence-electron chi connectivity index (χ4n) is 8.48. The molecule has 1 atom stereocenters. The third-order valence-corrected chi connectivity index (χ3v) is 11.1. The van der Waals surface area contributed by atoms with E-state index in [1.165, 1.54) is 21.9 Å². The maximum absolute atomic E-state index is 7.02. The van der Waals surface area contributed by atoms with E-state index in [0.717, 1.165) is 78.0 Å². The van der Waals surface area contributed by atoms with Gasteiger partial charge < -0.3 is 14.3 Å². The summed E-state index contributed by atoms with van der Waals surface area (Å²) >= 11 is 0. The van der Waals surface area contributed by atoms with E-state index in [1.54, 1.807) is 0 Å². The van der Waals surface area contributed by atoms with Crippen LogP contribution in [0.4, 0.5) is 0 Å². The van der Waals surface area contributed by atoms with Gasteiger partial charge in [0.25, 0.3) is 0 Å². The molecule has 8 aromatic carbocycles. The molecule has 1 N–H and O–H groups in total. The molecule has 1 unspecified atom stereocenters. The minimum atomic E-state index is -0.159. The standard InChI is InChI=1S/C52H35N3O/c1-5-16-34(17-6-1)38-28-30-41-40-24-13-14-26-44(40)55(46(41)32-38)45-27-15-25-43-42-31-29-39(33-47(42)56-51(43)45)48-49(35-18-7-2-8-19-35)53-52(37-22-11-4-12-23-37)54-50(48)36-20-9-3-10-21-36/h1-33,49H,(H,53,54). The Morgan fingerprint density at radius 3 is 1.82 bits per heavy atom. The SMILES string of the molecule is c1ccc(C2=NC(c3ccccc3)=C(c3ccc4c(c3)oc3c(-n5c6ccccc6c6ccc(-c7ccccc7)cc65)cccc34)C(c3ccccc3)N2)cc1. The molecule has 3 heterocycles. The average Bonchev–Trinajstić information content (AvgIpc) is 3.82. The third kappa shape index (κ3) is 5.26. The van der Waals surface area contributed by atoms with Crippen molar-refractivity contribution >= 4 is 60.9 Å². The van der Waals surface area contributed by atoms with Crippen LogP contribution < -0.4 is 5.32 Å². The Kier molecular flexibility index (Phi) is 7.52. The molecule has 2 aromatic heterocycles. The van der Waals surface area contributed by atoms with Gasteiger partial charge in [0.15, 0.2) is 5.58 Å². The van der Waals surface area contributed by atoms with Crippen molar-refractivity contribution in [2.45, 2.75) is 6.04 Å². The van der Waals surface area contributed by atoms with Crippen molar-refractivity contribution in [3.63, 3.8) is 0 Å². The molecule has 56 heavy (non-hydrogen) atoms. The Balaban J connectivity index is 1.14. The number of para-hydroxylation sites is 2. The molecule has 0 amide bonds. The van der Waals surface area contributed by atoms with Crippen molar-refractivity contribution in [2.24, 2.45) is 4.99 Å². The van der Waals surface area contributed by atoms with Crippen LogP contribution >= 0.6 is 0 Å². The predicted molar refractivity (Wildman–Crippen MR) is 232 cm³/mol. The summed E-state index contributed by atoms with van der Waals surface area (Å²) in [6, 6.07) is 70.6. The fourth-order valence-corrected chi connectivity index (χ4v) is 8.48. The number of furan rings is 1. The zero-order valence-corrected chi connectivity index (χ0v) is 30.4. The van der Waals surface area contributed by atoms with Gasteiger partial charge in [0.05, 0.1) is 28.5 Å². The van der Waals surface area contributed by atoms with Crippen LogP contribution in [0.25, 0.3) is 71.8 Å². The molecular weight excluding hydrogens is 683 g/mol. The minimum Gasteiger partial charge on any atom is -0.454 e. The lowest BCUT2D eigenvalue weighted by molar-refractivity contribution is 0.666. The van der Waals surface area contributed by atoms with Crippen LogP contribution in [0.5, 0.6) is 0 Å². The van der Waals surface area contributed by atoms with Crippen LogP contribution in [-0.2, 0) is 0 Å². The lowest BCUT2D eigenvalue weighted by Gasteiger charge is -2.31. The maximum Gasteiger partial charge on any atom is 0.159 e. The summed E-state index contributed by atoms with van der Waals surface area (Å²) in [7, 11) is 0. The Hall–Kier alpha value is -7.43. The molecule has 1 aliphatic rings. The summed E-state index contributed by atoms with van der Waals surface area (Å²) in [6.07, 6.45) is 0. The van der Waals surface area contributed by atoms with E-state index in [9.17, 15) is 0 Å². The molecule has 0 saturated heterocycles. The Bertz CT molecular complexity index is 3140. The van der Waals surface area contributed by atoms with Gasteiger partial charge in [0.1, 0.15) is 11.4 Å². The first-order valence-electron chi connectivity index (χ1n) is 19.1. The number of benzene rings is 8. The van der Waals surface area contributed by atoms with E-state index in [4.69, 9.17) is 9.41 Å². The van der Waals surface area contributed by atoms with Crippen LogP contribution in [-0.4, -0.2) is 10.4 Å². The van der Waals surface area contributed by atoms with E-state index in [-0.39, 0.29) is 6.04 Å². The largest absolute Gasteiger partial charge is 0.454 e. The van der Waals surface area contributed by atoms with Crippen LogP contribution in [0.2, 0.25) is 0 Å². The first-order chi connectivity index (χ1) is 27.8. The highest BCUT2D eigenvalue weighted by Crippen LogP contribution is 2.44. The molecule has 0 spiro atoms. The summed E-state index contributed by atoms with van der Waals surface area (Å²) in [5, 5.41) is 8.43. The number of amidine groups is 1. The Morgan fingerprint density at radius 1 is 0.446 bits per heavy atom. The summed E-state index contributed by atoms with van der Waals surface area (Å²) in [4.78, 5) is 5.36. The zero-order valence-electron chi connectivity index (χ0n) is 30.4. The van der Waals surface area contributed by atoms with Gasteiger partial charge >= 0.3 is 0 Å². The van der Waals surface area contributed by atoms with Crippen molar-refractivity contribution in [1.29, 1.82) is 0 Å². The van der Waals surface area contributed by atoms with Gasteiger partial charge in [-0.25, -0.2) is 4.99 Å². The lowest BCUT2D eigenvalue weighted by atomic mass is 9.87. The lowest BCUT2D eigenvalue weighted by Crippen LogP contribution is -2.33. The highest BCUT2D eigenvalue weighted by atomic mass is 16.3. The van der Waals surface area contributed by atoms with Crippen molar-refractivity contribution < 1.29 is 4.42 Å². The summed E-state index contributed by atoms with van der Waals surface area (Å²) in [6.45, 7) is 0. The van der Waals surface area contributed by atoms with Gasteiger partial charge in [-0.2, -0.15) is 0 Å². The summed E-state index contributed by atoms with van der Waals surface area (Å²) in [5.74, 6) is 0.845. The van der Waals surface area contributed by atoms with Crippen molar-refractivity contribution in [3.05, 3.63) is 222 Å². The number of fused-ring (bicyclic) bond motifs is 6. The molecular formula is C52H35N3O. The number of aliphatic imine (C=N–C) groups is 1. The van der Waals surface area contributed by atoms with Crippen LogP contribution in [0.15, 0.2) is 210 Å². The highest BCUT2D eigenvalue weighted by molar-refractivity contribution is 6.14. The number of rotatable bonds is 6. The molecule has 264 valence electrons. The monoisotopic (exact) mass is 717 g/mol. The number of nitrogens with zero attached hydrogens (tertiary/aromatic N) is 2. The predicted octanol–water partition coefficient (Wildman–Crippen LogP) is 13.0. The average molecular weight is 718 g/mol. The second-order valence-electron chi connectivity index (χ2n) is 14.4. The molecule has 4 nitrogen and oxygen atoms in total. The Morgan fingerprint density at radius 2 is 1.05 bits per heavy atom. The van der Waals surface area contributed by atoms with Crippen LogP contribution in [0.1, 0.15) is 28.3 Å². The van der Waals surface area contributed by atoms with E-state index in [2.05, 4.69) is 204 Å². The molecule has 4 heteroatoms. The zero-order chi connectivity index (χ0) is 37.0. The molecule has 10 aromatic rings. The molecule has 0 bridgehead atoms. The molecule has 0 fully saturated rings. The molecule has 0 saturated carbocycles. The van der Waals surface area contributed by atoms with Gasteiger partial charge in [-0.05, 0) is 52.6 Å². The van der Waals surface area contributed by atoms with Crippen LogP contribution in [0.3, 0.4) is 0 Å². The maximum atomic E-state index is 7.02. The fraction of sp³-hybridized carbons (Fsp3) is 0.0192. The molecule has 0 radical (unpaired) electrons. The second kappa shape index (κ2) is 13.2.